The standard InChI is InChI=1S/C22H22N2O5S/c1-4-29-22(26)20-16(15-7-9-23-10-8-15)13-30-21(20)24-19(25)12-14-5-6-17(27-2)18(11-14)28-3/h5-11,13H,4,12H2,1-3H3,(H,24,25). The van der Waals surface area contributed by atoms with Crippen molar-refractivity contribution in [1.29, 1.82) is 0 Å². The fraction of sp³-hybridized carbons (Fsp3) is 0.227. The summed E-state index contributed by atoms with van der Waals surface area (Å²) in [6.45, 7) is 1.98. The molecule has 0 spiro atoms. The van der Waals surface area contributed by atoms with Gasteiger partial charge in [-0.3, -0.25) is 9.78 Å². The number of aromatic nitrogens is 1. The minimum atomic E-state index is -0.480. The van der Waals surface area contributed by atoms with Gasteiger partial charge in [0.05, 0.1) is 27.2 Å². The molecule has 1 aromatic carbocycles. The SMILES string of the molecule is CCOC(=O)c1c(-c2ccncc2)csc1NC(=O)Cc1ccc(OC)c(OC)c1. The molecule has 0 aliphatic rings. The Labute approximate surface area is 178 Å². The van der Waals surface area contributed by atoms with Gasteiger partial charge in [0, 0.05) is 23.3 Å². The van der Waals surface area contributed by atoms with Gasteiger partial charge >= 0.3 is 5.97 Å². The maximum atomic E-state index is 12.7. The Morgan fingerprint density at radius 1 is 1.07 bits per heavy atom. The quantitative estimate of drug-likeness (QED) is 0.544. The molecule has 0 atom stereocenters. The van der Waals surface area contributed by atoms with E-state index in [1.807, 2.05) is 5.38 Å². The smallest absolute Gasteiger partial charge is 0.341 e. The summed E-state index contributed by atoms with van der Waals surface area (Å²) >= 11 is 1.28. The van der Waals surface area contributed by atoms with E-state index >= 15 is 0 Å². The van der Waals surface area contributed by atoms with Crippen LogP contribution in [0.3, 0.4) is 0 Å². The normalized spacial score (nSPS) is 10.4. The highest BCUT2D eigenvalue weighted by Crippen LogP contribution is 2.36. The number of pyridine rings is 1. The number of nitrogens with zero attached hydrogens (tertiary/aromatic N) is 1. The highest BCUT2D eigenvalue weighted by atomic mass is 32.1. The van der Waals surface area contributed by atoms with E-state index in [0.717, 1.165) is 11.1 Å². The van der Waals surface area contributed by atoms with Crippen LogP contribution in [-0.2, 0) is 16.0 Å². The summed E-state index contributed by atoms with van der Waals surface area (Å²) in [5, 5.41) is 5.12. The Hall–Kier alpha value is -3.39. The third-order valence-electron chi connectivity index (χ3n) is 4.33. The van der Waals surface area contributed by atoms with Crippen molar-refractivity contribution in [3.8, 4) is 22.6 Å². The van der Waals surface area contributed by atoms with Crippen LogP contribution in [-0.4, -0.2) is 37.7 Å². The van der Waals surface area contributed by atoms with Crippen molar-refractivity contribution in [2.75, 3.05) is 26.1 Å². The van der Waals surface area contributed by atoms with Crippen LogP contribution in [0.1, 0.15) is 22.8 Å². The first-order valence-electron chi connectivity index (χ1n) is 9.27. The van der Waals surface area contributed by atoms with Crippen LogP contribution in [0.4, 0.5) is 5.00 Å². The summed E-state index contributed by atoms with van der Waals surface area (Å²) in [6.07, 6.45) is 3.42. The average molecular weight is 426 g/mol. The number of esters is 1. The number of thiophene rings is 1. The van der Waals surface area contributed by atoms with Crippen LogP contribution in [0, 0.1) is 0 Å². The number of hydrogen-bond acceptors (Lipinski definition) is 7. The monoisotopic (exact) mass is 426 g/mol. The van der Waals surface area contributed by atoms with Gasteiger partial charge in [-0.25, -0.2) is 4.79 Å². The molecule has 0 saturated heterocycles. The minimum absolute atomic E-state index is 0.116. The van der Waals surface area contributed by atoms with Gasteiger partial charge < -0.3 is 19.5 Å². The molecular weight excluding hydrogens is 404 g/mol. The number of rotatable bonds is 8. The highest BCUT2D eigenvalue weighted by molar-refractivity contribution is 7.15. The van der Waals surface area contributed by atoms with E-state index < -0.39 is 5.97 Å². The number of carbonyl (C=O) groups is 2. The van der Waals surface area contributed by atoms with Crippen molar-refractivity contribution in [2.24, 2.45) is 0 Å². The third-order valence-corrected chi connectivity index (χ3v) is 5.22. The van der Waals surface area contributed by atoms with Gasteiger partial charge in [0.15, 0.2) is 11.5 Å². The van der Waals surface area contributed by atoms with Crippen molar-refractivity contribution < 1.29 is 23.8 Å². The number of amides is 1. The first kappa shape index (κ1) is 21.3. The summed E-state index contributed by atoms with van der Waals surface area (Å²) in [6, 6.07) is 8.91. The van der Waals surface area contributed by atoms with Crippen molar-refractivity contribution in [3.05, 3.63) is 59.2 Å². The zero-order valence-corrected chi connectivity index (χ0v) is 17.7. The van der Waals surface area contributed by atoms with Gasteiger partial charge in [-0.15, -0.1) is 11.3 Å². The molecule has 7 nitrogen and oxygen atoms in total. The molecule has 0 aliphatic heterocycles. The average Bonchev–Trinajstić information content (AvgIpc) is 3.17. The molecule has 0 bridgehead atoms. The van der Waals surface area contributed by atoms with E-state index in [1.54, 1.807) is 63.9 Å². The molecular formula is C22H22N2O5S. The molecule has 30 heavy (non-hydrogen) atoms. The first-order chi connectivity index (χ1) is 14.6. The molecule has 2 heterocycles. The van der Waals surface area contributed by atoms with Gasteiger partial charge in [-0.1, -0.05) is 6.07 Å². The largest absolute Gasteiger partial charge is 0.493 e. The predicted molar refractivity (Wildman–Crippen MR) is 115 cm³/mol. The molecule has 8 heteroatoms. The second kappa shape index (κ2) is 9.89. The molecule has 1 N–H and O–H groups in total. The second-order valence-electron chi connectivity index (χ2n) is 6.22. The van der Waals surface area contributed by atoms with Crippen LogP contribution in [0.15, 0.2) is 48.1 Å². The molecule has 0 fully saturated rings. The van der Waals surface area contributed by atoms with Gasteiger partial charge in [0.1, 0.15) is 10.6 Å². The highest BCUT2D eigenvalue weighted by Gasteiger charge is 2.23. The third kappa shape index (κ3) is 4.77. The van der Waals surface area contributed by atoms with E-state index in [-0.39, 0.29) is 18.9 Å². The molecule has 0 radical (unpaired) electrons. The lowest BCUT2D eigenvalue weighted by molar-refractivity contribution is -0.115. The van der Waals surface area contributed by atoms with E-state index in [4.69, 9.17) is 14.2 Å². The lowest BCUT2D eigenvalue weighted by Gasteiger charge is -2.11. The van der Waals surface area contributed by atoms with Crippen molar-refractivity contribution in [2.45, 2.75) is 13.3 Å². The number of hydrogen-bond donors (Lipinski definition) is 1. The van der Waals surface area contributed by atoms with E-state index in [0.29, 0.717) is 27.6 Å². The van der Waals surface area contributed by atoms with E-state index in [2.05, 4.69) is 10.3 Å². The summed E-state index contributed by atoms with van der Waals surface area (Å²) in [7, 11) is 3.10. The second-order valence-corrected chi connectivity index (χ2v) is 7.10. The molecule has 3 rings (SSSR count). The first-order valence-corrected chi connectivity index (χ1v) is 10.1. The lowest BCUT2D eigenvalue weighted by Crippen LogP contribution is -2.16. The summed E-state index contributed by atoms with van der Waals surface area (Å²) < 4.78 is 15.7. The molecule has 156 valence electrons. The zero-order valence-electron chi connectivity index (χ0n) is 16.9. The van der Waals surface area contributed by atoms with Gasteiger partial charge in [0.25, 0.3) is 0 Å². The van der Waals surface area contributed by atoms with Crippen LogP contribution < -0.4 is 14.8 Å². The molecule has 2 aromatic heterocycles. The topological polar surface area (TPSA) is 86.8 Å². The van der Waals surface area contributed by atoms with E-state index in [9.17, 15) is 9.59 Å². The number of carbonyl (C=O) groups excluding carboxylic acids is 2. The van der Waals surface area contributed by atoms with Gasteiger partial charge in [-0.2, -0.15) is 0 Å². The zero-order chi connectivity index (χ0) is 21.5. The van der Waals surface area contributed by atoms with E-state index in [1.165, 1.54) is 11.3 Å². The predicted octanol–water partition coefficient (Wildman–Crippen LogP) is 4.19. The maximum Gasteiger partial charge on any atom is 0.341 e. The van der Waals surface area contributed by atoms with Crippen LogP contribution in [0.2, 0.25) is 0 Å². The van der Waals surface area contributed by atoms with Crippen LogP contribution >= 0.6 is 11.3 Å². The Kier molecular flexibility index (Phi) is 7.03. The van der Waals surface area contributed by atoms with Crippen LogP contribution in [0.5, 0.6) is 11.5 Å². The number of benzene rings is 1. The summed E-state index contributed by atoms with van der Waals surface area (Å²) in [5.74, 6) is 0.403. The molecule has 3 aromatic rings. The van der Waals surface area contributed by atoms with Gasteiger partial charge in [0.2, 0.25) is 5.91 Å². The maximum absolute atomic E-state index is 12.7. The Bertz CT molecular complexity index is 1030. The van der Waals surface area contributed by atoms with Crippen LogP contribution in [0.25, 0.3) is 11.1 Å². The Morgan fingerprint density at radius 2 is 1.80 bits per heavy atom. The lowest BCUT2D eigenvalue weighted by atomic mass is 10.1. The minimum Gasteiger partial charge on any atom is -0.493 e. The molecule has 1 amide bonds. The fourth-order valence-corrected chi connectivity index (χ4v) is 3.92. The Morgan fingerprint density at radius 3 is 2.47 bits per heavy atom. The molecule has 0 unspecified atom stereocenters. The van der Waals surface area contributed by atoms with Crippen molar-refractivity contribution in [1.82, 2.24) is 4.98 Å². The van der Waals surface area contributed by atoms with Crippen molar-refractivity contribution >= 4 is 28.2 Å². The van der Waals surface area contributed by atoms with Gasteiger partial charge in [-0.05, 0) is 42.3 Å². The number of anilines is 1. The number of nitrogens with one attached hydrogen (secondary N) is 1. The number of methoxy groups -OCH3 is 2. The summed E-state index contributed by atoms with van der Waals surface area (Å²) in [5.41, 5.74) is 2.62. The molecule has 0 saturated carbocycles. The summed E-state index contributed by atoms with van der Waals surface area (Å²) in [4.78, 5) is 29.3. The number of ether oxygens (including phenoxy) is 3. The fourth-order valence-electron chi connectivity index (χ4n) is 2.95. The Balaban J connectivity index is 1.84. The van der Waals surface area contributed by atoms with Crippen molar-refractivity contribution in [3.63, 3.8) is 0 Å². The molecule has 0 aliphatic carbocycles.